The number of hydrogen-bond acceptors (Lipinski definition) is 8. The van der Waals surface area contributed by atoms with Crippen molar-refractivity contribution in [3.05, 3.63) is 35.0 Å². The second-order valence-electron chi connectivity index (χ2n) is 7.72. The molecule has 0 radical (unpaired) electrons. The smallest absolute Gasteiger partial charge is 0.409 e. The van der Waals surface area contributed by atoms with Gasteiger partial charge in [-0.2, -0.15) is 0 Å². The van der Waals surface area contributed by atoms with Gasteiger partial charge in [0.1, 0.15) is 0 Å². The van der Waals surface area contributed by atoms with E-state index in [1.54, 1.807) is 36.9 Å². The molecule has 34 heavy (non-hydrogen) atoms. The van der Waals surface area contributed by atoms with E-state index in [9.17, 15) is 14.4 Å². The number of urea groups is 1. The summed E-state index contributed by atoms with van der Waals surface area (Å²) >= 11 is 0. The highest BCUT2D eigenvalue weighted by molar-refractivity contribution is 5.95. The molecule has 11 nitrogen and oxygen atoms in total. The second-order valence-corrected chi connectivity index (χ2v) is 7.72. The number of hydrogen-bond donors (Lipinski definition) is 2. The first-order chi connectivity index (χ1) is 16.4. The zero-order chi connectivity index (χ0) is 24.7. The molecular weight excluding hydrogens is 444 g/mol. The fraction of sp³-hybridized carbons (Fsp3) is 0.522. The van der Waals surface area contributed by atoms with Crippen LogP contribution in [0.1, 0.15) is 25.5 Å². The van der Waals surface area contributed by atoms with Crippen molar-refractivity contribution >= 4 is 18.1 Å². The molecule has 2 aliphatic heterocycles. The number of nitrogens with zero attached hydrogens (tertiary/aromatic N) is 2. The van der Waals surface area contributed by atoms with E-state index in [2.05, 4.69) is 15.5 Å². The average molecular weight is 477 g/mol. The van der Waals surface area contributed by atoms with E-state index in [0.29, 0.717) is 67.7 Å². The Kier molecular flexibility index (Phi) is 8.58. The molecule has 1 fully saturated rings. The molecule has 3 rings (SSSR count). The van der Waals surface area contributed by atoms with Gasteiger partial charge in [-0.3, -0.25) is 4.90 Å². The van der Waals surface area contributed by atoms with Crippen molar-refractivity contribution in [3.8, 4) is 11.5 Å². The van der Waals surface area contributed by atoms with Gasteiger partial charge in [0.05, 0.1) is 39.0 Å². The minimum atomic E-state index is -0.733. The van der Waals surface area contributed by atoms with Gasteiger partial charge in [0, 0.05) is 38.4 Å². The summed E-state index contributed by atoms with van der Waals surface area (Å²) in [6.45, 7) is 6.47. The van der Waals surface area contributed by atoms with Crippen molar-refractivity contribution in [1.29, 1.82) is 0 Å². The van der Waals surface area contributed by atoms with Crippen LogP contribution in [0.2, 0.25) is 0 Å². The number of rotatable bonds is 8. The Bertz CT molecular complexity index is 941. The second kappa shape index (κ2) is 11.6. The van der Waals surface area contributed by atoms with Gasteiger partial charge in [0.25, 0.3) is 0 Å². The maximum Gasteiger partial charge on any atom is 0.409 e. The Morgan fingerprint density at radius 2 is 1.68 bits per heavy atom. The first-order valence-electron chi connectivity index (χ1n) is 11.2. The third-order valence-corrected chi connectivity index (χ3v) is 5.67. The highest BCUT2D eigenvalue weighted by atomic mass is 16.6. The third kappa shape index (κ3) is 5.71. The fourth-order valence-corrected chi connectivity index (χ4v) is 4.00. The number of carbonyl (C=O) groups is 3. The molecule has 0 aliphatic carbocycles. The van der Waals surface area contributed by atoms with Gasteiger partial charge in [-0.05, 0) is 31.5 Å². The molecule has 2 N–H and O–H groups in total. The van der Waals surface area contributed by atoms with Crippen LogP contribution in [-0.4, -0.2) is 88.1 Å². The lowest BCUT2D eigenvalue weighted by atomic mass is 9.94. The molecule has 1 aromatic carbocycles. The minimum absolute atomic E-state index is 0.195. The number of methoxy groups -OCH3 is 2. The molecule has 1 atom stereocenters. The fourth-order valence-electron chi connectivity index (χ4n) is 4.00. The number of benzene rings is 1. The highest BCUT2D eigenvalue weighted by Crippen LogP contribution is 2.34. The van der Waals surface area contributed by atoms with Gasteiger partial charge >= 0.3 is 18.1 Å². The van der Waals surface area contributed by atoms with Gasteiger partial charge < -0.3 is 34.5 Å². The Labute approximate surface area is 198 Å². The van der Waals surface area contributed by atoms with E-state index in [0.717, 1.165) is 0 Å². The van der Waals surface area contributed by atoms with Crippen molar-refractivity contribution in [1.82, 2.24) is 20.4 Å². The molecule has 1 aromatic rings. The number of amides is 3. The van der Waals surface area contributed by atoms with Gasteiger partial charge in [0.15, 0.2) is 11.5 Å². The number of esters is 1. The zero-order valence-corrected chi connectivity index (χ0v) is 20.0. The van der Waals surface area contributed by atoms with Crippen LogP contribution in [-0.2, 0) is 14.3 Å². The molecule has 0 aromatic heterocycles. The van der Waals surface area contributed by atoms with Crippen LogP contribution in [0.4, 0.5) is 9.59 Å². The molecule has 1 saturated heterocycles. The van der Waals surface area contributed by atoms with Crippen LogP contribution in [0.25, 0.3) is 0 Å². The molecule has 0 spiro atoms. The van der Waals surface area contributed by atoms with Gasteiger partial charge in [0.2, 0.25) is 0 Å². The predicted octanol–water partition coefficient (Wildman–Crippen LogP) is 1.65. The van der Waals surface area contributed by atoms with E-state index in [1.807, 2.05) is 0 Å². The molecule has 2 aliphatic rings. The Morgan fingerprint density at radius 3 is 2.29 bits per heavy atom. The van der Waals surface area contributed by atoms with E-state index >= 15 is 0 Å². The maximum absolute atomic E-state index is 13.0. The summed E-state index contributed by atoms with van der Waals surface area (Å²) in [7, 11) is 3.06. The SMILES string of the molecule is CCOC(=O)C1=C(CN2CCN(C(=O)OCC)CC2)NC(=O)N[C@H]1c1ccc(OC)c(OC)c1. The molecule has 0 unspecified atom stereocenters. The van der Waals surface area contributed by atoms with Gasteiger partial charge in [-0.1, -0.05) is 6.07 Å². The van der Waals surface area contributed by atoms with Crippen LogP contribution in [0.5, 0.6) is 11.5 Å². The Balaban J connectivity index is 1.88. The zero-order valence-electron chi connectivity index (χ0n) is 20.0. The summed E-state index contributed by atoms with van der Waals surface area (Å²) in [5, 5.41) is 5.61. The highest BCUT2D eigenvalue weighted by Gasteiger charge is 2.35. The van der Waals surface area contributed by atoms with E-state index in [-0.39, 0.29) is 12.7 Å². The van der Waals surface area contributed by atoms with Crippen molar-refractivity contribution in [2.75, 3.05) is 60.2 Å². The Hall–Kier alpha value is -3.47. The van der Waals surface area contributed by atoms with E-state index < -0.39 is 18.0 Å². The largest absolute Gasteiger partial charge is 0.493 e. The quantitative estimate of drug-likeness (QED) is 0.544. The molecule has 186 valence electrons. The molecule has 0 bridgehead atoms. The van der Waals surface area contributed by atoms with Crippen LogP contribution >= 0.6 is 0 Å². The summed E-state index contributed by atoms with van der Waals surface area (Å²) in [6.07, 6.45) is -0.336. The van der Waals surface area contributed by atoms with Crippen molar-refractivity contribution < 1.29 is 33.3 Å². The van der Waals surface area contributed by atoms with Crippen LogP contribution < -0.4 is 20.1 Å². The van der Waals surface area contributed by atoms with E-state index in [1.165, 1.54) is 14.2 Å². The minimum Gasteiger partial charge on any atom is -0.493 e. The number of piperazine rings is 1. The maximum atomic E-state index is 13.0. The molecular formula is C23H32N4O7. The molecule has 3 amide bonds. The summed E-state index contributed by atoms with van der Waals surface area (Å²) in [5.41, 5.74) is 1.44. The first-order valence-corrected chi connectivity index (χ1v) is 11.2. The summed E-state index contributed by atoms with van der Waals surface area (Å²) in [5.74, 6) is 0.496. The van der Waals surface area contributed by atoms with Crippen LogP contribution in [0.3, 0.4) is 0 Å². The normalized spacial score (nSPS) is 18.6. The monoisotopic (exact) mass is 476 g/mol. The lowest BCUT2D eigenvalue weighted by Gasteiger charge is -2.36. The lowest BCUT2D eigenvalue weighted by molar-refractivity contribution is -0.139. The number of nitrogens with one attached hydrogen (secondary N) is 2. The Morgan fingerprint density at radius 1 is 1.00 bits per heavy atom. The molecule has 11 heteroatoms. The summed E-state index contributed by atoms with van der Waals surface area (Å²) in [6, 6.07) is 4.06. The van der Waals surface area contributed by atoms with Gasteiger partial charge in [-0.15, -0.1) is 0 Å². The van der Waals surface area contributed by atoms with Crippen molar-refractivity contribution in [3.63, 3.8) is 0 Å². The third-order valence-electron chi connectivity index (χ3n) is 5.67. The number of ether oxygens (including phenoxy) is 4. The average Bonchev–Trinajstić information content (AvgIpc) is 2.84. The number of carbonyl (C=O) groups excluding carboxylic acids is 3. The lowest BCUT2D eigenvalue weighted by Crippen LogP contribution is -2.52. The summed E-state index contributed by atoms with van der Waals surface area (Å²) in [4.78, 5) is 41.3. The van der Waals surface area contributed by atoms with Crippen LogP contribution in [0.15, 0.2) is 29.5 Å². The summed E-state index contributed by atoms with van der Waals surface area (Å²) < 4.78 is 21.1. The molecule has 2 heterocycles. The predicted molar refractivity (Wildman–Crippen MR) is 123 cm³/mol. The van der Waals surface area contributed by atoms with Crippen LogP contribution in [0, 0.1) is 0 Å². The van der Waals surface area contributed by atoms with E-state index in [4.69, 9.17) is 18.9 Å². The topological polar surface area (TPSA) is 119 Å². The van der Waals surface area contributed by atoms with Crippen molar-refractivity contribution in [2.24, 2.45) is 0 Å². The first kappa shape index (κ1) is 25.2. The standard InChI is InChI=1S/C23H32N4O7/c1-5-33-21(28)19-16(14-26-9-11-27(12-10-26)23(30)34-6-2)24-22(29)25-20(19)15-7-8-17(31-3)18(13-15)32-4/h7-8,13,20H,5-6,9-12,14H2,1-4H3,(H2,24,25,29)/t20-/m0/s1. The molecule has 0 saturated carbocycles. The van der Waals surface area contributed by atoms with Gasteiger partial charge in [-0.25, -0.2) is 14.4 Å². The van der Waals surface area contributed by atoms with Crippen molar-refractivity contribution in [2.45, 2.75) is 19.9 Å².